The Kier molecular flexibility index (Phi) is 7.46. The summed E-state index contributed by atoms with van der Waals surface area (Å²) >= 11 is 0. The number of nitrogens with one attached hydrogen (secondary N) is 1. The van der Waals surface area contributed by atoms with Crippen LogP contribution in [0.1, 0.15) is 36.2 Å². The summed E-state index contributed by atoms with van der Waals surface area (Å²) in [5.41, 5.74) is 3.67. The van der Waals surface area contributed by atoms with Gasteiger partial charge in [-0.15, -0.1) is 0 Å². The number of piperazine rings is 1. The smallest absolute Gasteiger partial charge is 0.262 e. The predicted octanol–water partition coefficient (Wildman–Crippen LogP) is 3.75. The van der Waals surface area contributed by atoms with Crippen LogP contribution in [0.3, 0.4) is 0 Å². The highest BCUT2D eigenvalue weighted by molar-refractivity contribution is 5.96. The minimum Gasteiger partial charge on any atom is -0.484 e. The molecule has 1 N–H and O–H groups in total. The summed E-state index contributed by atoms with van der Waals surface area (Å²) in [5, 5.41) is 2.92. The lowest BCUT2D eigenvalue weighted by Gasteiger charge is -2.35. The molecule has 6 heteroatoms. The number of benzene rings is 2. The SMILES string of the molecule is CCC(=O)c1ccc(OCC(=O)Nc2ccc(N3CCN(CC)CC3)cc2C)cc1. The van der Waals surface area contributed by atoms with Crippen molar-refractivity contribution in [3.05, 3.63) is 53.6 Å². The number of likely N-dealkylation sites (N-methyl/N-ethyl adjacent to an activating group) is 1. The van der Waals surface area contributed by atoms with Crippen LogP contribution < -0.4 is 15.0 Å². The number of carbonyl (C=O) groups excluding carboxylic acids is 2. The highest BCUT2D eigenvalue weighted by atomic mass is 16.5. The molecule has 0 aliphatic carbocycles. The molecule has 0 radical (unpaired) electrons. The number of ether oxygens (including phenoxy) is 1. The average molecular weight is 410 g/mol. The van der Waals surface area contributed by atoms with Crippen molar-refractivity contribution in [1.82, 2.24) is 4.90 Å². The molecule has 6 nitrogen and oxygen atoms in total. The van der Waals surface area contributed by atoms with Crippen molar-refractivity contribution >= 4 is 23.1 Å². The van der Waals surface area contributed by atoms with Gasteiger partial charge in [0.15, 0.2) is 12.4 Å². The van der Waals surface area contributed by atoms with Gasteiger partial charge in [0, 0.05) is 49.5 Å². The van der Waals surface area contributed by atoms with Gasteiger partial charge in [-0.25, -0.2) is 0 Å². The number of hydrogen-bond acceptors (Lipinski definition) is 5. The molecule has 0 bridgehead atoms. The largest absolute Gasteiger partial charge is 0.484 e. The van der Waals surface area contributed by atoms with Crippen molar-refractivity contribution in [2.75, 3.05) is 49.5 Å². The number of anilines is 2. The third-order valence-electron chi connectivity index (χ3n) is 5.54. The molecule has 0 unspecified atom stereocenters. The molecule has 1 aliphatic rings. The molecule has 0 atom stereocenters. The monoisotopic (exact) mass is 409 g/mol. The Labute approximate surface area is 178 Å². The van der Waals surface area contributed by atoms with Crippen LogP contribution in [0.25, 0.3) is 0 Å². The van der Waals surface area contributed by atoms with Crippen molar-refractivity contribution in [2.24, 2.45) is 0 Å². The second-order valence-electron chi connectivity index (χ2n) is 7.56. The van der Waals surface area contributed by atoms with Gasteiger partial charge in [-0.05, 0) is 61.5 Å². The Bertz CT molecular complexity index is 872. The molecular weight excluding hydrogens is 378 g/mol. The standard InChI is InChI=1S/C24H31N3O3/c1-4-23(28)19-6-9-21(10-7-19)30-17-24(29)25-22-11-8-20(16-18(22)3)27-14-12-26(5-2)13-15-27/h6-11,16H,4-5,12-15,17H2,1-3H3,(H,25,29). The Balaban J connectivity index is 1.52. The molecule has 0 saturated carbocycles. The Morgan fingerprint density at radius 3 is 2.30 bits per heavy atom. The molecule has 2 aromatic rings. The van der Waals surface area contributed by atoms with Gasteiger partial charge in [-0.2, -0.15) is 0 Å². The first-order chi connectivity index (χ1) is 14.5. The molecule has 3 rings (SSSR count). The normalized spacial score (nSPS) is 14.4. The fourth-order valence-electron chi connectivity index (χ4n) is 3.58. The number of amides is 1. The summed E-state index contributed by atoms with van der Waals surface area (Å²) in [6.45, 7) is 11.3. The van der Waals surface area contributed by atoms with Crippen molar-refractivity contribution in [1.29, 1.82) is 0 Å². The molecule has 2 aromatic carbocycles. The summed E-state index contributed by atoms with van der Waals surface area (Å²) in [6, 6.07) is 13.0. The third kappa shape index (κ3) is 5.60. The van der Waals surface area contributed by atoms with Crippen molar-refractivity contribution in [2.45, 2.75) is 27.2 Å². The van der Waals surface area contributed by atoms with E-state index in [1.54, 1.807) is 24.3 Å². The fraction of sp³-hybridized carbons (Fsp3) is 0.417. The molecule has 1 saturated heterocycles. The van der Waals surface area contributed by atoms with Gasteiger partial charge in [-0.1, -0.05) is 13.8 Å². The van der Waals surface area contributed by atoms with Gasteiger partial charge in [0.05, 0.1) is 0 Å². The zero-order chi connectivity index (χ0) is 21.5. The Morgan fingerprint density at radius 1 is 1.00 bits per heavy atom. The van der Waals surface area contributed by atoms with E-state index in [0.29, 0.717) is 17.7 Å². The number of aryl methyl sites for hydroxylation is 1. The van der Waals surface area contributed by atoms with Crippen LogP contribution in [0.2, 0.25) is 0 Å². The van der Waals surface area contributed by atoms with Gasteiger partial charge >= 0.3 is 0 Å². The Morgan fingerprint density at radius 2 is 1.70 bits per heavy atom. The maximum absolute atomic E-state index is 12.3. The second kappa shape index (κ2) is 10.3. The summed E-state index contributed by atoms with van der Waals surface area (Å²) in [5.74, 6) is 0.442. The number of ketones is 1. The van der Waals surface area contributed by atoms with Crippen LogP contribution in [-0.2, 0) is 4.79 Å². The summed E-state index contributed by atoms with van der Waals surface area (Å²) < 4.78 is 5.55. The number of carbonyl (C=O) groups is 2. The number of hydrogen-bond donors (Lipinski definition) is 1. The van der Waals surface area contributed by atoms with E-state index in [-0.39, 0.29) is 18.3 Å². The van der Waals surface area contributed by atoms with E-state index >= 15 is 0 Å². The fourth-order valence-corrected chi connectivity index (χ4v) is 3.58. The third-order valence-corrected chi connectivity index (χ3v) is 5.54. The highest BCUT2D eigenvalue weighted by Gasteiger charge is 2.16. The zero-order valence-electron chi connectivity index (χ0n) is 18.1. The summed E-state index contributed by atoms with van der Waals surface area (Å²) in [4.78, 5) is 28.8. The van der Waals surface area contributed by atoms with E-state index in [1.807, 2.05) is 19.9 Å². The lowest BCUT2D eigenvalue weighted by molar-refractivity contribution is -0.118. The van der Waals surface area contributed by atoms with E-state index in [4.69, 9.17) is 4.74 Å². The van der Waals surface area contributed by atoms with Gasteiger partial charge in [0.25, 0.3) is 5.91 Å². The molecule has 1 amide bonds. The molecule has 1 aliphatic heterocycles. The zero-order valence-corrected chi connectivity index (χ0v) is 18.1. The number of rotatable bonds is 8. The number of nitrogens with zero attached hydrogens (tertiary/aromatic N) is 2. The first-order valence-electron chi connectivity index (χ1n) is 10.6. The quantitative estimate of drug-likeness (QED) is 0.673. The molecule has 0 spiro atoms. The van der Waals surface area contributed by atoms with Crippen molar-refractivity contribution in [3.8, 4) is 5.75 Å². The molecule has 1 heterocycles. The van der Waals surface area contributed by atoms with Crippen LogP contribution in [0.15, 0.2) is 42.5 Å². The lowest BCUT2D eigenvalue weighted by Crippen LogP contribution is -2.46. The average Bonchev–Trinajstić information content (AvgIpc) is 2.79. The van der Waals surface area contributed by atoms with E-state index in [2.05, 4.69) is 34.2 Å². The first kappa shape index (κ1) is 21.8. The van der Waals surface area contributed by atoms with E-state index < -0.39 is 0 Å². The summed E-state index contributed by atoms with van der Waals surface area (Å²) in [7, 11) is 0. The van der Waals surface area contributed by atoms with Crippen LogP contribution in [-0.4, -0.2) is 55.9 Å². The topological polar surface area (TPSA) is 61.9 Å². The highest BCUT2D eigenvalue weighted by Crippen LogP contribution is 2.24. The molecular formula is C24H31N3O3. The Hall–Kier alpha value is -2.86. The van der Waals surface area contributed by atoms with Gasteiger partial charge in [0.2, 0.25) is 0 Å². The summed E-state index contributed by atoms with van der Waals surface area (Å²) in [6.07, 6.45) is 0.468. The lowest BCUT2D eigenvalue weighted by atomic mass is 10.1. The van der Waals surface area contributed by atoms with Gasteiger partial charge < -0.3 is 19.9 Å². The first-order valence-corrected chi connectivity index (χ1v) is 10.6. The van der Waals surface area contributed by atoms with E-state index in [0.717, 1.165) is 44.0 Å². The van der Waals surface area contributed by atoms with Gasteiger partial charge in [-0.3, -0.25) is 9.59 Å². The molecule has 1 fully saturated rings. The van der Waals surface area contributed by atoms with Crippen LogP contribution in [0.4, 0.5) is 11.4 Å². The van der Waals surface area contributed by atoms with Gasteiger partial charge in [0.1, 0.15) is 5.75 Å². The minimum absolute atomic E-state index is 0.0821. The predicted molar refractivity (Wildman–Crippen MR) is 121 cm³/mol. The maximum Gasteiger partial charge on any atom is 0.262 e. The van der Waals surface area contributed by atoms with Crippen LogP contribution >= 0.6 is 0 Å². The second-order valence-corrected chi connectivity index (χ2v) is 7.56. The maximum atomic E-state index is 12.3. The van der Waals surface area contributed by atoms with Crippen molar-refractivity contribution < 1.29 is 14.3 Å². The van der Waals surface area contributed by atoms with E-state index in [1.165, 1.54) is 5.69 Å². The molecule has 30 heavy (non-hydrogen) atoms. The van der Waals surface area contributed by atoms with E-state index in [9.17, 15) is 9.59 Å². The van der Waals surface area contributed by atoms with Crippen LogP contribution in [0, 0.1) is 6.92 Å². The van der Waals surface area contributed by atoms with Crippen molar-refractivity contribution in [3.63, 3.8) is 0 Å². The minimum atomic E-state index is -0.212. The molecule has 160 valence electrons. The molecule has 0 aromatic heterocycles. The van der Waals surface area contributed by atoms with Crippen LogP contribution in [0.5, 0.6) is 5.75 Å². The number of Topliss-reactive ketones (excluding diaryl/α,β-unsaturated/α-hetero) is 1.